The quantitative estimate of drug-likeness (QED) is 0.489. The fourth-order valence-corrected chi connectivity index (χ4v) is 5.76. The lowest BCUT2D eigenvalue weighted by molar-refractivity contribution is -0.117. The van der Waals surface area contributed by atoms with Crippen LogP contribution in [0.1, 0.15) is 68.9 Å². The standard InChI is InChI=1S/C30H33NO4/c1-3-17-31-22-11-7-13-24(32)29(22)28(30-23(31)12-8-14-25(30)33)21-15-16-26(27(18-21)34-2)35-19-20-9-5-4-6-10-20/h4-6,9-10,15-16,18,28H,3,7-8,11-14,17,19H2,1-2H3. The number of carbonyl (C=O) groups is 2. The van der Waals surface area contributed by atoms with Crippen molar-refractivity contribution >= 4 is 11.6 Å². The SMILES string of the molecule is CCCN1C2=C(C(=O)CCC2)C(c2ccc(OCc3ccccc3)c(OC)c2)C2=C1CCCC2=O. The van der Waals surface area contributed by atoms with Gasteiger partial charge in [0.15, 0.2) is 23.1 Å². The van der Waals surface area contributed by atoms with Crippen molar-refractivity contribution in [3.05, 3.63) is 82.2 Å². The zero-order chi connectivity index (χ0) is 24.4. The number of hydrogen-bond donors (Lipinski definition) is 0. The number of rotatable bonds is 7. The number of carbonyl (C=O) groups excluding carboxylic acids is 2. The van der Waals surface area contributed by atoms with Crippen molar-refractivity contribution in [1.29, 1.82) is 0 Å². The lowest BCUT2D eigenvalue weighted by Gasteiger charge is -2.44. The van der Waals surface area contributed by atoms with E-state index >= 15 is 0 Å². The summed E-state index contributed by atoms with van der Waals surface area (Å²) in [6.45, 7) is 3.44. The second-order valence-corrected chi connectivity index (χ2v) is 9.54. The first-order chi connectivity index (χ1) is 17.1. The maximum Gasteiger partial charge on any atom is 0.161 e. The Balaban J connectivity index is 1.57. The lowest BCUT2D eigenvalue weighted by atomic mass is 9.71. The van der Waals surface area contributed by atoms with Crippen LogP contribution < -0.4 is 9.47 Å². The van der Waals surface area contributed by atoms with Crippen LogP contribution in [0.3, 0.4) is 0 Å². The van der Waals surface area contributed by atoms with E-state index in [0.717, 1.165) is 72.3 Å². The monoisotopic (exact) mass is 471 g/mol. The van der Waals surface area contributed by atoms with Crippen molar-refractivity contribution in [1.82, 2.24) is 4.90 Å². The van der Waals surface area contributed by atoms with Crippen LogP contribution >= 0.6 is 0 Å². The molecule has 0 amide bonds. The minimum Gasteiger partial charge on any atom is -0.493 e. The molecule has 2 aromatic rings. The normalized spacial score (nSPS) is 18.5. The Morgan fingerprint density at radius 1 is 0.857 bits per heavy atom. The van der Waals surface area contributed by atoms with Crippen molar-refractivity contribution < 1.29 is 19.1 Å². The average Bonchev–Trinajstić information content (AvgIpc) is 2.89. The number of allylic oxidation sites excluding steroid dienone is 4. The minimum absolute atomic E-state index is 0.172. The van der Waals surface area contributed by atoms with Gasteiger partial charge in [0.05, 0.1) is 7.11 Å². The van der Waals surface area contributed by atoms with Crippen LogP contribution in [0.4, 0.5) is 0 Å². The molecule has 0 saturated carbocycles. The van der Waals surface area contributed by atoms with Crippen LogP contribution in [-0.2, 0) is 16.2 Å². The predicted molar refractivity (Wildman–Crippen MR) is 135 cm³/mol. The van der Waals surface area contributed by atoms with Crippen molar-refractivity contribution in [3.8, 4) is 11.5 Å². The molecule has 35 heavy (non-hydrogen) atoms. The number of ether oxygens (including phenoxy) is 2. The summed E-state index contributed by atoms with van der Waals surface area (Å²) >= 11 is 0. The van der Waals surface area contributed by atoms with Gasteiger partial charge in [-0.2, -0.15) is 0 Å². The molecule has 2 aliphatic carbocycles. The van der Waals surface area contributed by atoms with Gasteiger partial charge in [-0.25, -0.2) is 0 Å². The van der Waals surface area contributed by atoms with Crippen molar-refractivity contribution in [2.24, 2.45) is 0 Å². The molecule has 0 unspecified atom stereocenters. The Morgan fingerprint density at radius 2 is 1.51 bits per heavy atom. The van der Waals surface area contributed by atoms with Crippen molar-refractivity contribution in [2.45, 2.75) is 64.4 Å². The molecule has 2 aromatic carbocycles. The summed E-state index contributed by atoms with van der Waals surface area (Å²) in [4.78, 5) is 29.0. The number of ketones is 2. The minimum atomic E-state index is -0.328. The third kappa shape index (κ3) is 4.40. The zero-order valence-electron chi connectivity index (χ0n) is 20.6. The van der Waals surface area contributed by atoms with E-state index < -0.39 is 0 Å². The van der Waals surface area contributed by atoms with Gasteiger partial charge in [-0.15, -0.1) is 0 Å². The third-order valence-corrected chi connectivity index (χ3v) is 7.29. The van der Waals surface area contributed by atoms with Gasteiger partial charge < -0.3 is 14.4 Å². The second kappa shape index (κ2) is 10.1. The highest BCUT2D eigenvalue weighted by Gasteiger charge is 2.43. The van der Waals surface area contributed by atoms with Crippen molar-refractivity contribution in [3.63, 3.8) is 0 Å². The first-order valence-electron chi connectivity index (χ1n) is 12.8. The van der Waals surface area contributed by atoms with E-state index in [-0.39, 0.29) is 17.5 Å². The summed E-state index contributed by atoms with van der Waals surface area (Å²) < 4.78 is 11.8. The fourth-order valence-electron chi connectivity index (χ4n) is 5.76. The van der Waals surface area contributed by atoms with Gasteiger partial charge in [0.25, 0.3) is 0 Å². The maximum absolute atomic E-state index is 13.3. The molecule has 0 N–H and O–H groups in total. The molecule has 0 saturated heterocycles. The summed E-state index contributed by atoms with van der Waals surface area (Å²) in [5, 5.41) is 0. The van der Waals surface area contributed by atoms with E-state index in [0.29, 0.717) is 30.9 Å². The molecule has 0 fully saturated rings. The molecule has 0 spiro atoms. The Bertz CT molecular complexity index is 1150. The molecule has 0 radical (unpaired) electrons. The van der Waals surface area contributed by atoms with E-state index in [9.17, 15) is 9.59 Å². The molecular weight excluding hydrogens is 438 g/mol. The lowest BCUT2D eigenvalue weighted by Crippen LogP contribution is -2.39. The molecule has 0 bridgehead atoms. The van der Waals surface area contributed by atoms with Gasteiger partial charge in [-0.05, 0) is 55.4 Å². The molecule has 0 atom stereocenters. The Kier molecular flexibility index (Phi) is 6.76. The molecule has 182 valence electrons. The first-order valence-corrected chi connectivity index (χ1v) is 12.8. The summed E-state index contributed by atoms with van der Waals surface area (Å²) in [6.07, 6.45) is 5.58. The Hall–Kier alpha value is -3.34. The first kappa shape index (κ1) is 23.4. The smallest absolute Gasteiger partial charge is 0.161 e. The summed E-state index contributed by atoms with van der Waals surface area (Å²) in [5.74, 6) is 1.28. The number of Topliss-reactive ketones (excluding diaryl/α,β-unsaturated/α-hetero) is 2. The third-order valence-electron chi connectivity index (χ3n) is 7.29. The second-order valence-electron chi connectivity index (χ2n) is 9.54. The van der Waals surface area contributed by atoms with Crippen LogP contribution in [0.15, 0.2) is 71.1 Å². The van der Waals surface area contributed by atoms with Gasteiger partial charge >= 0.3 is 0 Å². The number of nitrogens with zero attached hydrogens (tertiary/aromatic N) is 1. The number of benzene rings is 2. The van der Waals surface area contributed by atoms with Gasteiger partial charge in [0.2, 0.25) is 0 Å². The number of methoxy groups -OCH3 is 1. The highest BCUT2D eigenvalue weighted by molar-refractivity contribution is 6.06. The predicted octanol–water partition coefficient (Wildman–Crippen LogP) is 6.10. The van der Waals surface area contributed by atoms with Crippen LogP contribution in [0.25, 0.3) is 0 Å². The van der Waals surface area contributed by atoms with Crippen LogP contribution in [-0.4, -0.2) is 30.1 Å². The molecule has 0 aromatic heterocycles. The average molecular weight is 472 g/mol. The Morgan fingerprint density at radius 3 is 2.11 bits per heavy atom. The molecular formula is C30H33NO4. The van der Waals surface area contributed by atoms with E-state index in [1.807, 2.05) is 48.5 Å². The largest absolute Gasteiger partial charge is 0.493 e. The Labute approximate surface area is 207 Å². The molecule has 5 rings (SSSR count). The maximum atomic E-state index is 13.3. The summed E-state index contributed by atoms with van der Waals surface area (Å²) in [6, 6.07) is 15.9. The topological polar surface area (TPSA) is 55.8 Å². The van der Waals surface area contributed by atoms with E-state index in [1.54, 1.807) is 7.11 Å². The molecule has 5 heteroatoms. The zero-order valence-corrected chi connectivity index (χ0v) is 20.6. The molecule has 3 aliphatic rings. The van der Waals surface area contributed by atoms with E-state index in [1.165, 1.54) is 0 Å². The molecule has 1 aliphatic heterocycles. The highest BCUT2D eigenvalue weighted by atomic mass is 16.5. The molecule has 1 heterocycles. The van der Waals surface area contributed by atoms with Crippen LogP contribution in [0.2, 0.25) is 0 Å². The van der Waals surface area contributed by atoms with Gasteiger partial charge in [0.1, 0.15) is 6.61 Å². The summed E-state index contributed by atoms with van der Waals surface area (Å²) in [7, 11) is 1.63. The molecule has 5 nitrogen and oxygen atoms in total. The van der Waals surface area contributed by atoms with Crippen LogP contribution in [0.5, 0.6) is 11.5 Å². The highest BCUT2D eigenvalue weighted by Crippen LogP contribution is 2.50. The van der Waals surface area contributed by atoms with Crippen LogP contribution in [0, 0.1) is 0 Å². The fraction of sp³-hybridized carbons (Fsp3) is 0.400. The van der Waals surface area contributed by atoms with E-state index in [2.05, 4.69) is 11.8 Å². The number of hydrogen-bond acceptors (Lipinski definition) is 5. The van der Waals surface area contributed by atoms with E-state index in [4.69, 9.17) is 9.47 Å². The summed E-state index contributed by atoms with van der Waals surface area (Å²) in [5.41, 5.74) is 5.90. The van der Waals surface area contributed by atoms with Crippen molar-refractivity contribution in [2.75, 3.05) is 13.7 Å². The van der Waals surface area contributed by atoms with Gasteiger partial charge in [-0.3, -0.25) is 9.59 Å². The van der Waals surface area contributed by atoms with Gasteiger partial charge in [0, 0.05) is 47.8 Å². The van der Waals surface area contributed by atoms with Gasteiger partial charge in [-0.1, -0.05) is 43.3 Å².